The molecule has 2 nitrogen and oxygen atoms in total. The molecule has 0 heterocycles. The van der Waals surface area contributed by atoms with Crippen LogP contribution in [0.15, 0.2) is 35.2 Å². The average molecular weight is 295 g/mol. The lowest BCUT2D eigenvalue weighted by molar-refractivity contribution is 0.535. The molecule has 0 aliphatic rings. The molecule has 0 aliphatic carbocycles. The summed E-state index contributed by atoms with van der Waals surface area (Å²) in [5, 5.41) is 0. The molecule has 0 saturated carbocycles. The first-order valence-corrected chi connectivity index (χ1v) is 7.39. The lowest BCUT2D eigenvalue weighted by Crippen LogP contribution is -2.04. The highest BCUT2D eigenvalue weighted by Gasteiger charge is 2.17. The highest BCUT2D eigenvalue weighted by atomic mass is 32.2. The molecule has 0 aromatic heterocycles. The lowest BCUT2D eigenvalue weighted by Gasteiger charge is -2.08. The molecule has 2 N–H and O–H groups in total. The van der Waals surface area contributed by atoms with Crippen molar-refractivity contribution in [3.8, 4) is 0 Å². The van der Waals surface area contributed by atoms with Gasteiger partial charge in [0.1, 0.15) is 16.5 Å². The van der Waals surface area contributed by atoms with Crippen LogP contribution in [0.3, 0.4) is 0 Å². The standard InChI is InChI=1S/C15H15F2NOS/c1-9-3-4-11(5-10(9)2)8-20(19)15-13(16)6-12(18)7-14(15)17/h3-7H,8,18H2,1-2H3. The van der Waals surface area contributed by atoms with Crippen molar-refractivity contribution in [2.45, 2.75) is 24.5 Å². The molecule has 0 aliphatic heterocycles. The van der Waals surface area contributed by atoms with E-state index in [4.69, 9.17) is 5.73 Å². The second-order valence-corrected chi connectivity index (χ2v) is 6.11. The van der Waals surface area contributed by atoms with Crippen LogP contribution in [0.1, 0.15) is 16.7 Å². The average Bonchev–Trinajstić information content (AvgIpc) is 2.32. The maximum atomic E-state index is 13.7. The van der Waals surface area contributed by atoms with Crippen LogP contribution in [0.4, 0.5) is 14.5 Å². The van der Waals surface area contributed by atoms with Crippen LogP contribution in [-0.4, -0.2) is 4.21 Å². The zero-order valence-electron chi connectivity index (χ0n) is 11.2. The Morgan fingerprint density at radius 3 is 2.20 bits per heavy atom. The summed E-state index contributed by atoms with van der Waals surface area (Å²) in [5.41, 5.74) is 8.27. The monoisotopic (exact) mass is 295 g/mol. The molecule has 2 aromatic rings. The Morgan fingerprint density at radius 2 is 1.65 bits per heavy atom. The highest BCUT2D eigenvalue weighted by Crippen LogP contribution is 2.23. The van der Waals surface area contributed by atoms with Gasteiger partial charge in [0.05, 0.1) is 16.6 Å². The minimum Gasteiger partial charge on any atom is -0.399 e. The SMILES string of the molecule is Cc1ccc(CS(=O)c2c(F)cc(N)cc2F)cc1C. The van der Waals surface area contributed by atoms with Crippen LogP contribution in [-0.2, 0) is 16.6 Å². The van der Waals surface area contributed by atoms with Gasteiger partial charge in [0.2, 0.25) is 0 Å². The molecule has 1 unspecified atom stereocenters. The largest absolute Gasteiger partial charge is 0.399 e. The summed E-state index contributed by atoms with van der Waals surface area (Å²) in [6, 6.07) is 7.55. The third-order valence-electron chi connectivity index (χ3n) is 3.12. The zero-order chi connectivity index (χ0) is 14.9. The topological polar surface area (TPSA) is 43.1 Å². The second-order valence-electron chi connectivity index (χ2n) is 4.72. The molecular weight excluding hydrogens is 280 g/mol. The van der Waals surface area contributed by atoms with E-state index >= 15 is 0 Å². The van der Waals surface area contributed by atoms with Crippen LogP contribution < -0.4 is 5.73 Å². The number of hydrogen-bond acceptors (Lipinski definition) is 2. The number of hydrogen-bond donors (Lipinski definition) is 1. The Morgan fingerprint density at radius 1 is 1.05 bits per heavy atom. The fraction of sp³-hybridized carbons (Fsp3) is 0.200. The van der Waals surface area contributed by atoms with Gasteiger partial charge in [-0.1, -0.05) is 18.2 Å². The van der Waals surface area contributed by atoms with Crippen molar-refractivity contribution in [1.82, 2.24) is 0 Å². The van der Waals surface area contributed by atoms with Crippen LogP contribution in [0.5, 0.6) is 0 Å². The number of benzene rings is 2. The Hall–Kier alpha value is -1.75. The Bertz CT molecular complexity index is 663. The Kier molecular flexibility index (Phi) is 4.18. The number of rotatable bonds is 3. The molecular formula is C15H15F2NOS. The fourth-order valence-electron chi connectivity index (χ4n) is 1.91. The summed E-state index contributed by atoms with van der Waals surface area (Å²) < 4.78 is 39.5. The Balaban J connectivity index is 2.31. The lowest BCUT2D eigenvalue weighted by atomic mass is 10.1. The van der Waals surface area contributed by atoms with Crippen molar-refractivity contribution in [3.63, 3.8) is 0 Å². The predicted molar refractivity (Wildman–Crippen MR) is 76.8 cm³/mol. The van der Waals surface area contributed by atoms with Gasteiger partial charge in [-0.05, 0) is 42.7 Å². The molecule has 0 radical (unpaired) electrons. The number of aryl methyl sites for hydroxylation is 2. The quantitative estimate of drug-likeness (QED) is 0.881. The highest BCUT2D eigenvalue weighted by molar-refractivity contribution is 7.84. The number of halogens is 2. The van der Waals surface area contributed by atoms with Crippen LogP contribution in [0.25, 0.3) is 0 Å². The summed E-state index contributed by atoms with van der Waals surface area (Å²) in [6.45, 7) is 3.90. The van der Waals surface area contributed by atoms with Gasteiger partial charge in [-0.25, -0.2) is 8.78 Å². The van der Waals surface area contributed by atoms with Gasteiger partial charge in [0, 0.05) is 5.69 Å². The number of anilines is 1. The van der Waals surface area contributed by atoms with E-state index in [0.717, 1.165) is 28.8 Å². The zero-order valence-corrected chi connectivity index (χ0v) is 12.1. The fourth-order valence-corrected chi connectivity index (χ4v) is 3.09. The predicted octanol–water partition coefficient (Wildman–Crippen LogP) is 3.47. The second kappa shape index (κ2) is 5.71. The van der Waals surface area contributed by atoms with Crippen molar-refractivity contribution in [2.24, 2.45) is 0 Å². The van der Waals surface area contributed by atoms with Crippen LogP contribution in [0, 0.1) is 25.5 Å². The molecule has 1 atom stereocenters. The van der Waals surface area contributed by atoms with Crippen LogP contribution in [0.2, 0.25) is 0 Å². The third-order valence-corrected chi connectivity index (χ3v) is 4.56. The Labute approximate surface area is 119 Å². The van der Waals surface area contributed by atoms with E-state index in [9.17, 15) is 13.0 Å². The number of nitrogens with two attached hydrogens (primary N) is 1. The molecule has 0 saturated heterocycles. The normalized spacial score (nSPS) is 12.4. The van der Waals surface area contributed by atoms with E-state index < -0.39 is 27.3 Å². The van der Waals surface area contributed by atoms with Crippen molar-refractivity contribution < 1.29 is 13.0 Å². The van der Waals surface area contributed by atoms with Gasteiger partial charge in [-0.3, -0.25) is 4.21 Å². The van der Waals surface area contributed by atoms with Gasteiger partial charge in [0.25, 0.3) is 0 Å². The van der Waals surface area contributed by atoms with Gasteiger partial charge >= 0.3 is 0 Å². The first-order chi connectivity index (χ1) is 9.38. The van der Waals surface area contributed by atoms with Gasteiger partial charge in [-0.2, -0.15) is 0 Å². The molecule has 2 aromatic carbocycles. The summed E-state index contributed by atoms with van der Waals surface area (Å²) in [6.07, 6.45) is 0. The first-order valence-electron chi connectivity index (χ1n) is 6.07. The van der Waals surface area contributed by atoms with Crippen molar-refractivity contribution >= 4 is 16.5 Å². The summed E-state index contributed by atoms with van der Waals surface area (Å²) >= 11 is 0. The van der Waals surface area contributed by atoms with E-state index in [1.807, 2.05) is 32.0 Å². The molecule has 0 amide bonds. The van der Waals surface area contributed by atoms with Crippen molar-refractivity contribution in [2.75, 3.05) is 5.73 Å². The summed E-state index contributed by atoms with van der Waals surface area (Å²) in [7, 11) is -1.79. The van der Waals surface area contributed by atoms with Crippen molar-refractivity contribution in [3.05, 3.63) is 58.7 Å². The summed E-state index contributed by atoms with van der Waals surface area (Å²) in [4.78, 5) is -0.419. The van der Waals surface area contributed by atoms with Gasteiger partial charge in [0.15, 0.2) is 0 Å². The van der Waals surface area contributed by atoms with E-state index in [2.05, 4.69) is 0 Å². The molecule has 5 heteroatoms. The maximum absolute atomic E-state index is 13.7. The maximum Gasteiger partial charge on any atom is 0.144 e. The van der Waals surface area contributed by atoms with E-state index in [1.54, 1.807) is 0 Å². The van der Waals surface area contributed by atoms with E-state index in [1.165, 1.54) is 0 Å². The molecule has 0 bridgehead atoms. The van der Waals surface area contributed by atoms with Crippen molar-refractivity contribution in [1.29, 1.82) is 0 Å². The third kappa shape index (κ3) is 3.04. The molecule has 0 fully saturated rings. The molecule has 2 rings (SSSR count). The van der Waals surface area contributed by atoms with E-state index in [-0.39, 0.29) is 11.4 Å². The molecule has 0 spiro atoms. The minimum absolute atomic E-state index is 0.0214. The smallest absolute Gasteiger partial charge is 0.144 e. The summed E-state index contributed by atoms with van der Waals surface area (Å²) in [5.74, 6) is -1.67. The van der Waals surface area contributed by atoms with Gasteiger partial charge in [-0.15, -0.1) is 0 Å². The first kappa shape index (κ1) is 14.7. The van der Waals surface area contributed by atoms with Gasteiger partial charge < -0.3 is 5.73 Å². The molecule has 20 heavy (non-hydrogen) atoms. The number of nitrogen functional groups attached to an aromatic ring is 1. The minimum atomic E-state index is -1.79. The van der Waals surface area contributed by atoms with Crippen LogP contribution >= 0.6 is 0 Å². The van der Waals surface area contributed by atoms with E-state index in [0.29, 0.717) is 0 Å². The molecule has 106 valence electrons.